The molecule has 1 aromatic carbocycles. The van der Waals surface area contributed by atoms with E-state index in [1.807, 2.05) is 0 Å². The normalized spacial score (nSPS) is 17.7. The molecule has 0 saturated carbocycles. The second-order valence-corrected chi connectivity index (χ2v) is 7.15. The van der Waals surface area contributed by atoms with E-state index in [4.69, 9.17) is 0 Å². The summed E-state index contributed by atoms with van der Waals surface area (Å²) in [4.78, 5) is 18.4. The summed E-state index contributed by atoms with van der Waals surface area (Å²) in [7, 11) is 0. The third kappa shape index (κ3) is 3.15. The Hall–Kier alpha value is -1.77. The number of carbonyl (C=O) groups excluding carboxylic acids is 1. The molecular weight excluding hydrogens is 284 g/mol. The summed E-state index contributed by atoms with van der Waals surface area (Å²) in [6.07, 6.45) is 4.74. The molecule has 3 nitrogen and oxygen atoms in total. The highest BCUT2D eigenvalue weighted by Gasteiger charge is 2.33. The average molecular weight is 312 g/mol. The molecule has 2 aromatic rings. The zero-order chi connectivity index (χ0) is 16.4. The number of carbonyl (C=O) groups is 1. The van der Waals surface area contributed by atoms with E-state index in [1.54, 1.807) is 0 Å². The quantitative estimate of drug-likeness (QED) is 0.843. The number of rotatable bonds is 5. The van der Waals surface area contributed by atoms with Crippen LogP contribution in [0.5, 0.6) is 0 Å². The Labute approximate surface area is 139 Å². The Morgan fingerprint density at radius 3 is 2.87 bits per heavy atom. The largest absolute Gasteiger partial charge is 0.356 e. The number of unbranched alkanes of at least 4 members (excludes halogenated alkanes) is 1. The Morgan fingerprint density at radius 1 is 1.35 bits per heavy atom. The zero-order valence-corrected chi connectivity index (χ0v) is 14.6. The van der Waals surface area contributed by atoms with E-state index in [0.29, 0.717) is 18.2 Å². The van der Waals surface area contributed by atoms with E-state index in [9.17, 15) is 4.79 Å². The van der Waals surface area contributed by atoms with Gasteiger partial charge in [0.25, 0.3) is 0 Å². The highest BCUT2D eigenvalue weighted by atomic mass is 16.2. The van der Waals surface area contributed by atoms with Gasteiger partial charge in [0.1, 0.15) is 0 Å². The van der Waals surface area contributed by atoms with Crippen molar-refractivity contribution in [3.05, 3.63) is 35.5 Å². The summed E-state index contributed by atoms with van der Waals surface area (Å²) in [5.74, 6) is 0.889. The Kier molecular flexibility index (Phi) is 4.74. The third-order valence-corrected chi connectivity index (χ3v) is 4.92. The first-order chi connectivity index (χ1) is 11.1. The fraction of sp³-hybridized carbons (Fsp3) is 0.550. The van der Waals surface area contributed by atoms with Crippen LogP contribution in [0.25, 0.3) is 10.9 Å². The standard InChI is InChI=1S/C20H28N2O/c1-4-5-10-19(23)22-12-11-16-15-8-6-7-9-17(15)21-20(16)18(22)13-14(2)3/h6-9,14,18,21H,4-5,10-13H2,1-3H3. The highest BCUT2D eigenvalue weighted by Crippen LogP contribution is 2.38. The average Bonchev–Trinajstić information content (AvgIpc) is 2.91. The van der Waals surface area contributed by atoms with Crippen molar-refractivity contribution in [2.24, 2.45) is 5.92 Å². The molecule has 23 heavy (non-hydrogen) atoms. The van der Waals surface area contributed by atoms with E-state index in [2.05, 4.69) is 54.9 Å². The predicted molar refractivity (Wildman–Crippen MR) is 95.4 cm³/mol. The predicted octanol–water partition coefficient (Wildman–Crippen LogP) is 4.83. The SMILES string of the molecule is CCCCC(=O)N1CCc2c([nH]c3ccccc23)C1CC(C)C. The van der Waals surface area contributed by atoms with Gasteiger partial charge in [-0.05, 0) is 36.8 Å². The van der Waals surface area contributed by atoms with Crippen molar-refractivity contribution < 1.29 is 4.79 Å². The molecule has 0 spiro atoms. The fourth-order valence-electron chi connectivity index (χ4n) is 3.78. The number of aromatic amines is 1. The summed E-state index contributed by atoms with van der Waals surface area (Å²) >= 11 is 0. The molecule has 1 amide bonds. The Bertz CT molecular complexity index is 686. The number of hydrogen-bond donors (Lipinski definition) is 1. The molecule has 0 aliphatic carbocycles. The number of H-pyrrole nitrogens is 1. The summed E-state index contributed by atoms with van der Waals surface area (Å²) in [6, 6.07) is 8.73. The number of para-hydroxylation sites is 1. The maximum Gasteiger partial charge on any atom is 0.223 e. The van der Waals surface area contributed by atoms with Crippen LogP contribution in [0.4, 0.5) is 0 Å². The third-order valence-electron chi connectivity index (χ3n) is 4.92. The lowest BCUT2D eigenvalue weighted by atomic mass is 9.91. The van der Waals surface area contributed by atoms with E-state index in [0.717, 1.165) is 32.2 Å². The van der Waals surface area contributed by atoms with Crippen LogP contribution in [-0.4, -0.2) is 22.3 Å². The maximum atomic E-state index is 12.7. The van der Waals surface area contributed by atoms with Crippen LogP contribution in [-0.2, 0) is 11.2 Å². The lowest BCUT2D eigenvalue weighted by Crippen LogP contribution is -2.40. The van der Waals surface area contributed by atoms with Crippen molar-refractivity contribution in [1.29, 1.82) is 0 Å². The molecule has 0 radical (unpaired) electrons. The van der Waals surface area contributed by atoms with Gasteiger partial charge in [-0.15, -0.1) is 0 Å². The van der Waals surface area contributed by atoms with Crippen molar-refractivity contribution in [1.82, 2.24) is 9.88 Å². The number of nitrogens with one attached hydrogen (secondary N) is 1. The summed E-state index contributed by atoms with van der Waals surface area (Å²) in [5, 5.41) is 1.33. The molecule has 3 rings (SSSR count). The Morgan fingerprint density at radius 2 is 2.13 bits per heavy atom. The first-order valence-electron chi connectivity index (χ1n) is 9.00. The minimum atomic E-state index is 0.204. The molecule has 2 heterocycles. The van der Waals surface area contributed by atoms with Crippen molar-refractivity contribution in [2.45, 2.75) is 58.9 Å². The first-order valence-corrected chi connectivity index (χ1v) is 9.00. The number of benzene rings is 1. The molecule has 1 aliphatic rings. The molecule has 1 aliphatic heterocycles. The van der Waals surface area contributed by atoms with Crippen molar-refractivity contribution in [2.75, 3.05) is 6.54 Å². The topological polar surface area (TPSA) is 36.1 Å². The molecule has 1 N–H and O–H groups in total. The van der Waals surface area contributed by atoms with Gasteiger partial charge in [0.15, 0.2) is 0 Å². The van der Waals surface area contributed by atoms with Crippen LogP contribution < -0.4 is 0 Å². The van der Waals surface area contributed by atoms with Crippen LogP contribution >= 0.6 is 0 Å². The Balaban J connectivity index is 1.97. The minimum absolute atomic E-state index is 0.204. The van der Waals surface area contributed by atoms with Gasteiger partial charge >= 0.3 is 0 Å². The van der Waals surface area contributed by atoms with Crippen molar-refractivity contribution in [3.8, 4) is 0 Å². The zero-order valence-electron chi connectivity index (χ0n) is 14.6. The molecule has 1 atom stereocenters. The number of aromatic nitrogens is 1. The van der Waals surface area contributed by atoms with Crippen LogP contribution in [0, 0.1) is 5.92 Å². The van der Waals surface area contributed by atoms with Gasteiger partial charge < -0.3 is 9.88 Å². The number of hydrogen-bond acceptors (Lipinski definition) is 1. The number of fused-ring (bicyclic) bond motifs is 3. The van der Waals surface area contributed by atoms with Gasteiger partial charge in [0, 0.05) is 29.6 Å². The van der Waals surface area contributed by atoms with Crippen molar-refractivity contribution >= 4 is 16.8 Å². The van der Waals surface area contributed by atoms with E-state index in [-0.39, 0.29) is 6.04 Å². The second kappa shape index (κ2) is 6.77. The summed E-state index contributed by atoms with van der Waals surface area (Å²) < 4.78 is 0. The van der Waals surface area contributed by atoms with Crippen molar-refractivity contribution in [3.63, 3.8) is 0 Å². The molecule has 0 fully saturated rings. The molecule has 0 saturated heterocycles. The monoisotopic (exact) mass is 312 g/mol. The van der Waals surface area contributed by atoms with Crippen LogP contribution in [0.15, 0.2) is 24.3 Å². The molecule has 124 valence electrons. The van der Waals surface area contributed by atoms with Gasteiger partial charge in [0.05, 0.1) is 6.04 Å². The fourth-order valence-corrected chi connectivity index (χ4v) is 3.78. The smallest absolute Gasteiger partial charge is 0.223 e. The van der Waals surface area contributed by atoms with Gasteiger partial charge in [-0.2, -0.15) is 0 Å². The van der Waals surface area contributed by atoms with E-state index in [1.165, 1.54) is 22.2 Å². The molecule has 0 bridgehead atoms. The number of nitrogens with zero attached hydrogens (tertiary/aromatic N) is 1. The highest BCUT2D eigenvalue weighted by molar-refractivity contribution is 5.86. The van der Waals surface area contributed by atoms with Gasteiger partial charge in [-0.1, -0.05) is 45.4 Å². The van der Waals surface area contributed by atoms with Crippen LogP contribution in [0.1, 0.15) is 63.8 Å². The molecule has 1 aromatic heterocycles. The van der Waals surface area contributed by atoms with Crippen LogP contribution in [0.3, 0.4) is 0 Å². The van der Waals surface area contributed by atoms with Gasteiger partial charge in [0.2, 0.25) is 5.91 Å². The summed E-state index contributed by atoms with van der Waals surface area (Å²) in [6.45, 7) is 7.48. The maximum absolute atomic E-state index is 12.7. The van der Waals surface area contributed by atoms with E-state index >= 15 is 0 Å². The minimum Gasteiger partial charge on any atom is -0.356 e. The lowest BCUT2D eigenvalue weighted by molar-refractivity contribution is -0.134. The van der Waals surface area contributed by atoms with E-state index < -0.39 is 0 Å². The lowest BCUT2D eigenvalue weighted by Gasteiger charge is -2.37. The first kappa shape index (κ1) is 16.1. The van der Waals surface area contributed by atoms with Crippen LogP contribution in [0.2, 0.25) is 0 Å². The van der Waals surface area contributed by atoms with Gasteiger partial charge in [-0.3, -0.25) is 4.79 Å². The van der Waals surface area contributed by atoms with Gasteiger partial charge in [-0.25, -0.2) is 0 Å². The summed E-state index contributed by atoms with van der Waals surface area (Å²) in [5.41, 5.74) is 3.90. The molecular formula is C20H28N2O. The second-order valence-electron chi connectivity index (χ2n) is 7.15. The number of amides is 1. The molecule has 1 unspecified atom stereocenters. The molecule has 3 heteroatoms.